The van der Waals surface area contributed by atoms with Crippen LogP contribution in [0, 0.1) is 0 Å². The fraction of sp³-hybridized carbons (Fsp3) is 0.588. The molecule has 1 aliphatic rings. The van der Waals surface area contributed by atoms with Crippen molar-refractivity contribution in [1.82, 2.24) is 9.21 Å². The topological polar surface area (TPSA) is 57.7 Å². The van der Waals surface area contributed by atoms with E-state index in [-0.39, 0.29) is 11.9 Å². The van der Waals surface area contributed by atoms with E-state index >= 15 is 0 Å². The van der Waals surface area contributed by atoms with Gasteiger partial charge in [0.05, 0.1) is 0 Å². The number of likely N-dealkylation sites (N-methyl/N-ethyl adjacent to an activating group) is 1. The minimum Gasteiger partial charge on any atom is -0.342 e. The highest BCUT2D eigenvalue weighted by molar-refractivity contribution is 7.89. The summed E-state index contributed by atoms with van der Waals surface area (Å²) < 4.78 is 25.9. The molecule has 0 aromatic heterocycles. The molecule has 0 heterocycles. The predicted molar refractivity (Wildman–Crippen MR) is 91.7 cm³/mol. The first kappa shape index (κ1) is 17.9. The van der Waals surface area contributed by atoms with E-state index in [2.05, 4.69) is 12.1 Å². The third kappa shape index (κ3) is 4.12. The standard InChI is InChI=1S/C17H26N2O3S/c1-4-19(5-2)23(21,22)13-17(20)18(3)16-11-10-14-8-6-7-9-15(14)12-16/h6-9,16H,4-5,10-13H2,1-3H3/t16-/m0/s1. The zero-order chi connectivity index (χ0) is 17.0. The second-order valence-electron chi connectivity index (χ2n) is 6.01. The van der Waals surface area contributed by atoms with Gasteiger partial charge in [0.15, 0.2) is 0 Å². The zero-order valence-electron chi connectivity index (χ0n) is 14.2. The molecule has 128 valence electrons. The van der Waals surface area contributed by atoms with E-state index in [1.54, 1.807) is 25.8 Å². The summed E-state index contributed by atoms with van der Waals surface area (Å²) >= 11 is 0. The van der Waals surface area contributed by atoms with E-state index in [0.29, 0.717) is 13.1 Å². The van der Waals surface area contributed by atoms with E-state index in [9.17, 15) is 13.2 Å². The molecule has 2 rings (SSSR count). The molecule has 0 spiro atoms. The van der Waals surface area contributed by atoms with Crippen molar-refractivity contribution >= 4 is 15.9 Å². The molecule has 0 aliphatic heterocycles. The first-order valence-electron chi connectivity index (χ1n) is 8.19. The van der Waals surface area contributed by atoms with Gasteiger partial charge in [-0.15, -0.1) is 0 Å². The Morgan fingerprint density at radius 3 is 2.39 bits per heavy atom. The van der Waals surface area contributed by atoms with Crippen LogP contribution < -0.4 is 0 Å². The van der Waals surface area contributed by atoms with Gasteiger partial charge < -0.3 is 4.90 Å². The molecular weight excluding hydrogens is 312 g/mol. The lowest BCUT2D eigenvalue weighted by molar-refractivity contribution is -0.129. The van der Waals surface area contributed by atoms with Crippen LogP contribution in [0.3, 0.4) is 0 Å². The molecule has 0 N–H and O–H groups in total. The first-order valence-corrected chi connectivity index (χ1v) is 9.80. The molecule has 0 saturated carbocycles. The number of benzene rings is 1. The Kier molecular flexibility index (Phi) is 5.81. The highest BCUT2D eigenvalue weighted by atomic mass is 32.2. The second-order valence-corrected chi connectivity index (χ2v) is 7.98. The number of carbonyl (C=O) groups excluding carboxylic acids is 1. The molecule has 0 bridgehead atoms. The van der Waals surface area contributed by atoms with E-state index in [0.717, 1.165) is 19.3 Å². The third-order valence-electron chi connectivity index (χ3n) is 4.67. The Bertz CT molecular complexity index is 654. The van der Waals surface area contributed by atoms with Crippen molar-refractivity contribution in [2.45, 2.75) is 39.2 Å². The Labute approximate surface area is 139 Å². The normalized spacial score (nSPS) is 17.8. The smallest absolute Gasteiger partial charge is 0.239 e. The summed E-state index contributed by atoms with van der Waals surface area (Å²) in [6, 6.07) is 8.33. The first-order chi connectivity index (χ1) is 10.9. The maximum atomic E-state index is 12.4. The summed E-state index contributed by atoms with van der Waals surface area (Å²) in [5.74, 6) is -0.759. The van der Waals surface area contributed by atoms with E-state index in [1.807, 2.05) is 12.1 Å². The minimum atomic E-state index is -3.52. The van der Waals surface area contributed by atoms with E-state index in [4.69, 9.17) is 0 Å². The molecule has 1 aromatic carbocycles. The molecule has 1 aromatic rings. The van der Waals surface area contributed by atoms with Crippen LogP contribution in [0.1, 0.15) is 31.4 Å². The molecule has 0 unspecified atom stereocenters. The van der Waals surface area contributed by atoms with Crippen molar-refractivity contribution in [3.63, 3.8) is 0 Å². The average molecular weight is 338 g/mol. The van der Waals surface area contributed by atoms with Crippen LogP contribution >= 0.6 is 0 Å². The summed E-state index contributed by atoms with van der Waals surface area (Å²) in [5.41, 5.74) is 2.59. The molecule has 1 amide bonds. The molecule has 0 fully saturated rings. The van der Waals surface area contributed by atoms with Gasteiger partial charge in [0.25, 0.3) is 0 Å². The molecule has 0 saturated heterocycles. The SMILES string of the molecule is CCN(CC)S(=O)(=O)CC(=O)N(C)[C@H]1CCc2ccccc2C1. The molecule has 5 nitrogen and oxygen atoms in total. The summed E-state index contributed by atoms with van der Waals surface area (Å²) in [4.78, 5) is 14.0. The largest absolute Gasteiger partial charge is 0.342 e. The number of rotatable bonds is 6. The Morgan fingerprint density at radius 1 is 1.17 bits per heavy atom. The maximum absolute atomic E-state index is 12.4. The number of fused-ring (bicyclic) bond motifs is 1. The Balaban J connectivity index is 2.04. The molecule has 6 heteroatoms. The van der Waals surface area contributed by atoms with Gasteiger partial charge in [0, 0.05) is 26.2 Å². The fourth-order valence-corrected chi connectivity index (χ4v) is 4.66. The lowest BCUT2D eigenvalue weighted by Gasteiger charge is -2.33. The molecule has 1 atom stereocenters. The zero-order valence-corrected chi connectivity index (χ0v) is 15.0. The van der Waals surface area contributed by atoms with Crippen molar-refractivity contribution in [1.29, 1.82) is 0 Å². The van der Waals surface area contributed by atoms with Crippen LogP contribution in [0.2, 0.25) is 0 Å². The quantitative estimate of drug-likeness (QED) is 0.793. The molecule has 23 heavy (non-hydrogen) atoms. The highest BCUT2D eigenvalue weighted by Gasteiger charge is 2.29. The summed E-state index contributed by atoms with van der Waals surface area (Å²) in [6.45, 7) is 4.36. The maximum Gasteiger partial charge on any atom is 0.239 e. The number of nitrogens with zero attached hydrogens (tertiary/aromatic N) is 2. The minimum absolute atomic E-state index is 0.0734. The number of aryl methyl sites for hydroxylation is 1. The van der Waals surface area contributed by atoms with Gasteiger partial charge in [0.2, 0.25) is 15.9 Å². The van der Waals surface area contributed by atoms with E-state index < -0.39 is 15.8 Å². The van der Waals surface area contributed by atoms with Crippen molar-refractivity contribution in [3.8, 4) is 0 Å². The van der Waals surface area contributed by atoms with Crippen LogP contribution in [0.15, 0.2) is 24.3 Å². The fourth-order valence-electron chi connectivity index (χ4n) is 3.18. The van der Waals surface area contributed by atoms with Crippen molar-refractivity contribution in [2.24, 2.45) is 0 Å². The van der Waals surface area contributed by atoms with Crippen molar-refractivity contribution in [2.75, 3.05) is 25.9 Å². The van der Waals surface area contributed by atoms with Gasteiger partial charge in [-0.25, -0.2) is 12.7 Å². The number of hydrogen-bond donors (Lipinski definition) is 0. The lowest BCUT2D eigenvalue weighted by Crippen LogP contribution is -2.45. The predicted octanol–water partition coefficient (Wildman–Crippen LogP) is 1.67. The molecular formula is C17H26N2O3S. The Hall–Kier alpha value is -1.40. The lowest BCUT2D eigenvalue weighted by atomic mass is 9.88. The monoisotopic (exact) mass is 338 g/mol. The van der Waals surface area contributed by atoms with E-state index in [1.165, 1.54) is 15.4 Å². The van der Waals surface area contributed by atoms with Crippen molar-refractivity contribution in [3.05, 3.63) is 35.4 Å². The third-order valence-corrected chi connectivity index (χ3v) is 6.58. The molecule has 1 aliphatic carbocycles. The van der Waals surface area contributed by atoms with Crippen molar-refractivity contribution < 1.29 is 13.2 Å². The number of carbonyl (C=O) groups is 1. The summed E-state index contributed by atoms with van der Waals surface area (Å²) in [7, 11) is -1.80. The van der Waals surface area contributed by atoms with Crippen LogP contribution in [0.4, 0.5) is 0 Å². The van der Waals surface area contributed by atoms with Gasteiger partial charge in [-0.05, 0) is 30.4 Å². The van der Waals surface area contributed by atoms with Gasteiger partial charge in [0.1, 0.15) is 5.75 Å². The number of hydrogen-bond acceptors (Lipinski definition) is 3. The van der Waals surface area contributed by atoms with Gasteiger partial charge in [-0.3, -0.25) is 4.79 Å². The van der Waals surface area contributed by atoms with Gasteiger partial charge in [-0.2, -0.15) is 0 Å². The Morgan fingerprint density at radius 2 is 1.78 bits per heavy atom. The second kappa shape index (κ2) is 7.45. The number of sulfonamides is 1. The van der Waals surface area contributed by atoms with Gasteiger partial charge in [-0.1, -0.05) is 38.1 Å². The summed E-state index contributed by atoms with van der Waals surface area (Å²) in [6.07, 6.45) is 2.61. The van der Waals surface area contributed by atoms with Gasteiger partial charge >= 0.3 is 0 Å². The van der Waals surface area contributed by atoms with Crippen LogP contribution in [-0.4, -0.2) is 55.5 Å². The average Bonchev–Trinajstić information content (AvgIpc) is 2.54. The number of amides is 1. The van der Waals surface area contributed by atoms with Crippen LogP contribution in [-0.2, 0) is 27.7 Å². The molecule has 0 radical (unpaired) electrons. The van der Waals surface area contributed by atoms with Crippen LogP contribution in [0.25, 0.3) is 0 Å². The summed E-state index contributed by atoms with van der Waals surface area (Å²) in [5, 5.41) is 0. The highest BCUT2D eigenvalue weighted by Crippen LogP contribution is 2.24. The van der Waals surface area contributed by atoms with Crippen LogP contribution in [0.5, 0.6) is 0 Å².